The summed E-state index contributed by atoms with van der Waals surface area (Å²) in [5.74, 6) is -0.846. The number of likely N-dealkylation sites (N-methyl/N-ethyl adjacent to an activating group) is 1. The van der Waals surface area contributed by atoms with Gasteiger partial charge >= 0.3 is 5.91 Å². The van der Waals surface area contributed by atoms with E-state index in [0.717, 1.165) is 50.7 Å². The summed E-state index contributed by atoms with van der Waals surface area (Å²) in [5, 5.41) is 7.92. The number of benzene rings is 1. The molecule has 3 fully saturated rings. The molecule has 2 saturated heterocycles. The normalized spacial score (nSPS) is 23.8. The zero-order valence-electron chi connectivity index (χ0n) is 21.1. The van der Waals surface area contributed by atoms with Crippen LogP contribution in [-0.4, -0.2) is 65.8 Å². The van der Waals surface area contributed by atoms with E-state index in [1.165, 1.54) is 5.56 Å². The van der Waals surface area contributed by atoms with Crippen molar-refractivity contribution in [3.63, 3.8) is 0 Å². The molecule has 1 aromatic carbocycles. The number of carbonyl (C=O) groups is 3. The third-order valence-electron chi connectivity index (χ3n) is 7.59. The molecule has 0 bridgehead atoms. The number of thioether (sulfide) groups is 1. The van der Waals surface area contributed by atoms with Crippen LogP contribution < -0.4 is 10.7 Å². The minimum Gasteiger partial charge on any atom is -0.381 e. The van der Waals surface area contributed by atoms with Crippen molar-refractivity contribution in [2.24, 2.45) is 16.9 Å². The topological polar surface area (TPSA) is 100 Å². The summed E-state index contributed by atoms with van der Waals surface area (Å²) in [5.41, 5.74) is 3.73. The van der Waals surface area contributed by atoms with Crippen molar-refractivity contribution in [1.29, 1.82) is 0 Å². The highest BCUT2D eigenvalue weighted by molar-refractivity contribution is 8.14. The minimum atomic E-state index is -0.843. The predicted molar refractivity (Wildman–Crippen MR) is 141 cm³/mol. The van der Waals surface area contributed by atoms with Crippen molar-refractivity contribution in [2.75, 3.05) is 26.0 Å². The van der Waals surface area contributed by atoms with Crippen molar-refractivity contribution in [3.8, 4) is 0 Å². The standard InChI is InChI=1S/C27H38N4O4S/c1-31-22(17-19-9-5-4-6-10-19)18-36-27(31)30-29-26(34)24(32)23(20-13-15-35-16-14-20)28-25(33)21-11-7-2-3-8-12-21/h4-6,9-10,20-23H,2-3,7-8,11-18H2,1H3,(H,28,33)(H,29,34)/t22-,23?/m1/s1. The smallest absolute Gasteiger partial charge is 0.309 e. The van der Waals surface area contributed by atoms with E-state index < -0.39 is 17.7 Å². The van der Waals surface area contributed by atoms with Crippen molar-refractivity contribution < 1.29 is 19.1 Å². The molecule has 2 amide bonds. The van der Waals surface area contributed by atoms with Gasteiger partial charge in [-0.15, -0.1) is 5.10 Å². The van der Waals surface area contributed by atoms with E-state index in [1.807, 2.05) is 30.1 Å². The number of ether oxygens (including phenoxy) is 1. The molecule has 3 aliphatic rings. The number of amidine groups is 1. The molecular weight excluding hydrogens is 476 g/mol. The number of carbonyl (C=O) groups excluding carboxylic acids is 3. The first-order valence-corrected chi connectivity index (χ1v) is 14.2. The van der Waals surface area contributed by atoms with Crippen molar-refractivity contribution in [1.82, 2.24) is 15.6 Å². The Kier molecular flexibility index (Phi) is 9.81. The third-order valence-corrected chi connectivity index (χ3v) is 8.78. The minimum absolute atomic E-state index is 0.0870. The van der Waals surface area contributed by atoms with Gasteiger partial charge in [0.05, 0.1) is 0 Å². The maximum atomic E-state index is 13.3. The Morgan fingerprint density at radius 3 is 2.44 bits per heavy atom. The first-order valence-electron chi connectivity index (χ1n) is 13.2. The lowest BCUT2D eigenvalue weighted by Crippen LogP contribution is -2.53. The molecule has 196 valence electrons. The highest BCUT2D eigenvalue weighted by Gasteiger charge is 2.36. The molecule has 1 aliphatic carbocycles. The van der Waals surface area contributed by atoms with E-state index in [9.17, 15) is 14.4 Å². The van der Waals surface area contributed by atoms with Crippen LogP contribution in [0, 0.1) is 11.8 Å². The number of hydrogen-bond acceptors (Lipinski definition) is 6. The molecule has 2 atom stereocenters. The highest BCUT2D eigenvalue weighted by Crippen LogP contribution is 2.26. The Balaban J connectivity index is 1.37. The van der Waals surface area contributed by atoms with E-state index in [2.05, 4.69) is 28.0 Å². The number of Topliss-reactive ketones (excluding diaryl/α,β-unsaturated/α-hetero) is 1. The average molecular weight is 515 g/mol. The molecule has 8 nitrogen and oxygen atoms in total. The summed E-state index contributed by atoms with van der Waals surface area (Å²) >= 11 is 1.56. The van der Waals surface area contributed by atoms with Crippen LogP contribution in [0.2, 0.25) is 0 Å². The fraction of sp³-hybridized carbons (Fsp3) is 0.630. The van der Waals surface area contributed by atoms with Gasteiger partial charge in [-0.25, -0.2) is 5.43 Å². The van der Waals surface area contributed by atoms with Gasteiger partial charge in [0.25, 0.3) is 0 Å². The lowest BCUT2D eigenvalue weighted by molar-refractivity contribution is -0.142. The number of amides is 2. The van der Waals surface area contributed by atoms with Gasteiger partial charge in [-0.1, -0.05) is 67.8 Å². The Labute approximate surface area is 218 Å². The number of hydrazone groups is 1. The van der Waals surface area contributed by atoms with Crippen LogP contribution in [0.1, 0.15) is 56.9 Å². The van der Waals surface area contributed by atoms with Crippen LogP contribution in [0.3, 0.4) is 0 Å². The van der Waals surface area contributed by atoms with E-state index in [-0.39, 0.29) is 23.8 Å². The van der Waals surface area contributed by atoms with E-state index in [1.54, 1.807) is 11.8 Å². The van der Waals surface area contributed by atoms with Crippen LogP contribution in [-0.2, 0) is 25.5 Å². The Hall–Kier alpha value is -2.39. The van der Waals surface area contributed by atoms with E-state index >= 15 is 0 Å². The van der Waals surface area contributed by atoms with Gasteiger partial charge in [-0.3, -0.25) is 14.4 Å². The van der Waals surface area contributed by atoms with Gasteiger partial charge in [0.1, 0.15) is 6.04 Å². The molecular formula is C27H38N4O4S. The van der Waals surface area contributed by atoms with E-state index in [0.29, 0.717) is 31.2 Å². The molecule has 0 aromatic heterocycles. The highest BCUT2D eigenvalue weighted by atomic mass is 32.2. The maximum Gasteiger partial charge on any atom is 0.309 e. The van der Waals surface area contributed by atoms with Crippen molar-refractivity contribution >= 4 is 34.5 Å². The van der Waals surface area contributed by atoms with Crippen LogP contribution in [0.15, 0.2) is 35.4 Å². The SMILES string of the molecule is CN1C(=NNC(=O)C(=O)C(NC(=O)C2CCCCCC2)C2CCOCC2)SC[C@H]1Cc1ccccc1. The first kappa shape index (κ1) is 26.7. The quantitative estimate of drug-likeness (QED) is 0.314. The van der Waals surface area contributed by atoms with Gasteiger partial charge in [0.2, 0.25) is 11.7 Å². The van der Waals surface area contributed by atoms with Gasteiger partial charge < -0.3 is 15.0 Å². The molecule has 2 heterocycles. The zero-order chi connectivity index (χ0) is 25.3. The number of rotatable bonds is 8. The average Bonchev–Trinajstić information content (AvgIpc) is 3.09. The Morgan fingerprint density at radius 2 is 1.75 bits per heavy atom. The lowest BCUT2D eigenvalue weighted by Gasteiger charge is -2.30. The molecule has 36 heavy (non-hydrogen) atoms. The second-order valence-electron chi connectivity index (χ2n) is 10.1. The van der Waals surface area contributed by atoms with Crippen LogP contribution in [0.5, 0.6) is 0 Å². The van der Waals surface area contributed by atoms with Gasteiger partial charge in [-0.2, -0.15) is 0 Å². The molecule has 4 rings (SSSR count). The summed E-state index contributed by atoms with van der Waals surface area (Å²) in [4.78, 5) is 41.3. The second kappa shape index (κ2) is 13.2. The van der Waals surface area contributed by atoms with E-state index in [4.69, 9.17) is 4.74 Å². The van der Waals surface area contributed by atoms with Crippen LogP contribution in [0.25, 0.3) is 0 Å². The summed E-state index contributed by atoms with van der Waals surface area (Å²) in [6.07, 6.45) is 8.20. The second-order valence-corrected chi connectivity index (χ2v) is 11.1. The zero-order valence-corrected chi connectivity index (χ0v) is 21.9. The molecule has 0 spiro atoms. The summed E-state index contributed by atoms with van der Waals surface area (Å²) in [6, 6.07) is 9.69. The number of nitrogens with zero attached hydrogens (tertiary/aromatic N) is 2. The first-order chi connectivity index (χ1) is 17.5. The van der Waals surface area contributed by atoms with Gasteiger partial charge in [-0.05, 0) is 43.6 Å². The molecule has 1 saturated carbocycles. The molecule has 9 heteroatoms. The van der Waals surface area contributed by atoms with Gasteiger partial charge in [0, 0.05) is 38.0 Å². The predicted octanol–water partition coefficient (Wildman–Crippen LogP) is 3.11. The molecule has 1 aromatic rings. The Morgan fingerprint density at radius 1 is 1.06 bits per heavy atom. The summed E-state index contributed by atoms with van der Waals surface area (Å²) in [6.45, 7) is 1.06. The number of hydrogen-bond donors (Lipinski definition) is 2. The number of ketones is 1. The molecule has 1 unspecified atom stereocenters. The molecule has 2 aliphatic heterocycles. The number of nitrogens with one attached hydrogen (secondary N) is 2. The largest absolute Gasteiger partial charge is 0.381 e. The van der Waals surface area contributed by atoms with Crippen molar-refractivity contribution in [2.45, 2.75) is 69.9 Å². The fourth-order valence-corrected chi connectivity index (χ4v) is 6.43. The molecule has 0 radical (unpaired) electrons. The van der Waals surface area contributed by atoms with Crippen LogP contribution in [0.4, 0.5) is 0 Å². The lowest BCUT2D eigenvalue weighted by atomic mass is 9.87. The maximum absolute atomic E-state index is 13.3. The molecule has 2 N–H and O–H groups in total. The summed E-state index contributed by atoms with van der Waals surface area (Å²) in [7, 11) is 1.96. The van der Waals surface area contributed by atoms with Gasteiger partial charge in [0.15, 0.2) is 5.17 Å². The monoisotopic (exact) mass is 514 g/mol. The third kappa shape index (κ3) is 7.09. The van der Waals surface area contributed by atoms with Crippen molar-refractivity contribution in [3.05, 3.63) is 35.9 Å². The van der Waals surface area contributed by atoms with Crippen LogP contribution >= 0.6 is 11.8 Å². The fourth-order valence-electron chi connectivity index (χ4n) is 5.29. The Bertz CT molecular complexity index is 927. The summed E-state index contributed by atoms with van der Waals surface area (Å²) < 4.78 is 5.45.